The van der Waals surface area contributed by atoms with Crippen LogP contribution in [0.2, 0.25) is 0 Å². The van der Waals surface area contributed by atoms with Gasteiger partial charge in [-0.1, -0.05) is 23.7 Å². The maximum atomic E-state index is 13.1. The van der Waals surface area contributed by atoms with E-state index < -0.39 is 10.0 Å². The zero-order chi connectivity index (χ0) is 21.6. The summed E-state index contributed by atoms with van der Waals surface area (Å²) >= 11 is 0. The van der Waals surface area contributed by atoms with E-state index in [0.717, 1.165) is 50.4 Å². The van der Waals surface area contributed by atoms with Crippen molar-refractivity contribution in [3.63, 3.8) is 0 Å². The number of nitrogens with zero attached hydrogens (tertiary/aromatic N) is 4. The van der Waals surface area contributed by atoms with Gasteiger partial charge in [-0.2, -0.15) is 4.98 Å². The number of halogens is 1. The van der Waals surface area contributed by atoms with Crippen LogP contribution < -0.4 is 0 Å². The number of aromatic nitrogens is 2. The molecule has 1 spiro atoms. The van der Waals surface area contributed by atoms with Crippen molar-refractivity contribution in [2.24, 2.45) is 5.41 Å². The number of sulfonamides is 1. The summed E-state index contributed by atoms with van der Waals surface area (Å²) in [6.45, 7) is 1.95. The molecule has 1 aromatic carbocycles. The molecule has 7 nitrogen and oxygen atoms in total. The number of hydrogen-bond acceptors (Lipinski definition) is 6. The van der Waals surface area contributed by atoms with Gasteiger partial charge in [0.2, 0.25) is 15.9 Å². The van der Waals surface area contributed by atoms with Gasteiger partial charge in [-0.15, -0.1) is 0 Å². The lowest BCUT2D eigenvalue weighted by atomic mass is 9.77. The predicted octanol–water partition coefficient (Wildman–Crippen LogP) is 3.47. The highest BCUT2D eigenvalue weighted by atomic mass is 32.2. The zero-order valence-electron chi connectivity index (χ0n) is 17.8. The second-order valence-electron chi connectivity index (χ2n) is 9.54. The minimum Gasteiger partial charge on any atom is -0.339 e. The highest BCUT2D eigenvalue weighted by Crippen LogP contribution is 2.48. The third kappa shape index (κ3) is 4.15. The van der Waals surface area contributed by atoms with E-state index >= 15 is 0 Å². The van der Waals surface area contributed by atoms with Crippen LogP contribution in [0.3, 0.4) is 0 Å². The Morgan fingerprint density at radius 3 is 2.55 bits per heavy atom. The summed E-state index contributed by atoms with van der Waals surface area (Å²) in [4.78, 5) is 6.99. The van der Waals surface area contributed by atoms with Crippen LogP contribution in [0.5, 0.6) is 0 Å². The summed E-state index contributed by atoms with van der Waals surface area (Å²) in [5.74, 6) is 1.53. The number of piperidine rings is 1. The van der Waals surface area contributed by atoms with E-state index in [1.807, 2.05) is 0 Å². The van der Waals surface area contributed by atoms with Gasteiger partial charge in [0.15, 0.2) is 5.82 Å². The molecule has 1 aromatic heterocycles. The summed E-state index contributed by atoms with van der Waals surface area (Å²) in [5, 5.41) is 4.28. The van der Waals surface area contributed by atoms with Crippen molar-refractivity contribution in [2.45, 2.75) is 56.2 Å². The molecule has 0 amide bonds. The van der Waals surface area contributed by atoms with E-state index in [2.05, 4.69) is 17.1 Å². The van der Waals surface area contributed by atoms with Crippen molar-refractivity contribution in [1.82, 2.24) is 19.3 Å². The average Bonchev–Trinajstić information content (AvgIpc) is 3.27. The Morgan fingerprint density at radius 2 is 1.90 bits per heavy atom. The summed E-state index contributed by atoms with van der Waals surface area (Å²) in [5.41, 5.74) is 0.695. The van der Waals surface area contributed by atoms with Crippen LogP contribution in [0.25, 0.3) is 0 Å². The second kappa shape index (κ2) is 7.94. The summed E-state index contributed by atoms with van der Waals surface area (Å²) in [7, 11) is -1.33. The minimum atomic E-state index is -3.42. The molecule has 1 saturated carbocycles. The van der Waals surface area contributed by atoms with Gasteiger partial charge in [0.25, 0.3) is 0 Å². The quantitative estimate of drug-likeness (QED) is 0.697. The van der Waals surface area contributed by atoms with Crippen LogP contribution >= 0.6 is 0 Å². The molecule has 1 atom stereocenters. The molecule has 2 saturated heterocycles. The van der Waals surface area contributed by atoms with E-state index in [-0.39, 0.29) is 23.0 Å². The number of benzene rings is 1. The first-order valence-corrected chi connectivity index (χ1v) is 12.7. The Balaban J connectivity index is 1.22. The van der Waals surface area contributed by atoms with Gasteiger partial charge < -0.3 is 4.52 Å². The molecule has 5 rings (SSSR count). The summed E-state index contributed by atoms with van der Waals surface area (Å²) < 4.78 is 46.0. The van der Waals surface area contributed by atoms with E-state index in [1.54, 1.807) is 4.31 Å². The van der Waals surface area contributed by atoms with Gasteiger partial charge in [0.1, 0.15) is 5.82 Å². The van der Waals surface area contributed by atoms with Crippen molar-refractivity contribution in [3.8, 4) is 0 Å². The molecule has 0 bridgehead atoms. The normalized spacial score (nSPS) is 25.2. The van der Waals surface area contributed by atoms with Crippen LogP contribution in [0.1, 0.15) is 67.8 Å². The summed E-state index contributed by atoms with van der Waals surface area (Å²) in [6, 6.07) is 5.81. The second-order valence-corrected chi connectivity index (χ2v) is 11.5. The number of hydrogen-bond donors (Lipinski definition) is 0. The van der Waals surface area contributed by atoms with Crippen molar-refractivity contribution >= 4 is 10.0 Å². The topological polar surface area (TPSA) is 79.5 Å². The SMILES string of the molecule is CN1CC2(CCN(S(=O)(=O)Cc3ccc(F)cc3)CC2)CC1c1noc(C2CCC2)n1. The standard InChI is InChI=1S/C22H29FN4O3S/c1-26-15-22(13-19(26)20-24-21(30-25-20)17-3-2-4-17)9-11-27(12-10-22)31(28,29)14-16-5-7-18(23)8-6-16/h5-8,17,19H,2-4,9-15H2,1H3. The van der Waals surface area contributed by atoms with Gasteiger partial charge in [0.05, 0.1) is 11.8 Å². The highest BCUT2D eigenvalue weighted by Gasteiger charge is 2.47. The third-order valence-corrected chi connectivity index (χ3v) is 9.24. The maximum Gasteiger partial charge on any atom is 0.229 e. The van der Waals surface area contributed by atoms with Crippen LogP contribution in [0.15, 0.2) is 28.8 Å². The lowest BCUT2D eigenvalue weighted by Crippen LogP contribution is -2.44. The molecule has 168 valence electrons. The maximum absolute atomic E-state index is 13.1. The average molecular weight is 449 g/mol. The van der Waals surface area contributed by atoms with Gasteiger partial charge in [0, 0.05) is 25.6 Å². The Kier molecular flexibility index (Phi) is 5.38. The van der Waals surface area contributed by atoms with E-state index in [4.69, 9.17) is 9.51 Å². The Hall–Kier alpha value is -1.84. The molecule has 0 N–H and O–H groups in total. The van der Waals surface area contributed by atoms with Crippen molar-refractivity contribution in [2.75, 3.05) is 26.7 Å². The summed E-state index contributed by atoms with van der Waals surface area (Å²) in [6.07, 6.45) is 6.07. The van der Waals surface area contributed by atoms with Gasteiger partial charge in [-0.05, 0) is 62.3 Å². The molecule has 0 radical (unpaired) electrons. The number of rotatable bonds is 5. The smallest absolute Gasteiger partial charge is 0.229 e. The van der Waals surface area contributed by atoms with Crippen molar-refractivity contribution in [3.05, 3.63) is 47.4 Å². The molecule has 2 aliphatic heterocycles. The first kappa shape index (κ1) is 21.0. The molecular formula is C22H29FN4O3S. The third-order valence-electron chi connectivity index (χ3n) is 7.39. The monoisotopic (exact) mass is 448 g/mol. The Bertz CT molecular complexity index is 1030. The van der Waals surface area contributed by atoms with Crippen molar-refractivity contribution in [1.29, 1.82) is 0 Å². The largest absolute Gasteiger partial charge is 0.339 e. The fraction of sp³-hybridized carbons (Fsp3) is 0.636. The van der Waals surface area contributed by atoms with Crippen molar-refractivity contribution < 1.29 is 17.3 Å². The predicted molar refractivity (Wildman–Crippen MR) is 113 cm³/mol. The fourth-order valence-electron chi connectivity index (χ4n) is 5.25. The minimum absolute atomic E-state index is 0.0819. The Labute approximate surface area is 182 Å². The molecule has 2 aromatic rings. The first-order chi connectivity index (χ1) is 14.8. The number of likely N-dealkylation sites (tertiary alicyclic amines) is 1. The highest BCUT2D eigenvalue weighted by molar-refractivity contribution is 7.88. The lowest BCUT2D eigenvalue weighted by molar-refractivity contribution is 0.161. The van der Waals surface area contributed by atoms with Crippen LogP contribution in [-0.4, -0.2) is 54.4 Å². The van der Waals surface area contributed by atoms with E-state index in [0.29, 0.717) is 24.6 Å². The van der Waals surface area contributed by atoms with Gasteiger partial charge in [-0.25, -0.2) is 17.1 Å². The van der Waals surface area contributed by atoms with E-state index in [1.165, 1.54) is 30.7 Å². The molecule has 9 heteroatoms. The molecule has 3 aliphatic rings. The molecule has 1 unspecified atom stereocenters. The zero-order valence-corrected chi connectivity index (χ0v) is 18.7. The van der Waals surface area contributed by atoms with Crippen LogP contribution in [0.4, 0.5) is 4.39 Å². The van der Waals surface area contributed by atoms with Gasteiger partial charge in [-0.3, -0.25) is 4.90 Å². The molecule has 31 heavy (non-hydrogen) atoms. The molecule has 3 fully saturated rings. The van der Waals surface area contributed by atoms with Crippen LogP contribution in [-0.2, 0) is 15.8 Å². The Morgan fingerprint density at radius 1 is 1.19 bits per heavy atom. The molecule has 1 aliphatic carbocycles. The molecule has 3 heterocycles. The van der Waals surface area contributed by atoms with E-state index in [9.17, 15) is 12.8 Å². The van der Waals surface area contributed by atoms with Crippen LogP contribution in [0, 0.1) is 11.2 Å². The lowest BCUT2D eigenvalue weighted by Gasteiger charge is -2.38. The van der Waals surface area contributed by atoms with Gasteiger partial charge >= 0.3 is 0 Å². The first-order valence-electron chi connectivity index (χ1n) is 11.1. The fourth-order valence-corrected chi connectivity index (χ4v) is 6.78. The molecular weight excluding hydrogens is 419 g/mol.